The monoisotopic (exact) mass is 305 g/mol. The SMILES string of the molecule is CCCNC(CC(=O)OC)c1ccc(OC(F)(F)F)cc1. The van der Waals surface area contributed by atoms with Gasteiger partial charge in [0.05, 0.1) is 13.5 Å². The molecule has 1 atom stereocenters. The van der Waals surface area contributed by atoms with Crippen LogP contribution in [0.4, 0.5) is 13.2 Å². The second kappa shape index (κ2) is 7.87. The van der Waals surface area contributed by atoms with Gasteiger partial charge in [0.1, 0.15) is 5.75 Å². The molecule has 0 heterocycles. The molecule has 0 fully saturated rings. The number of methoxy groups -OCH3 is 1. The Morgan fingerprint density at radius 3 is 2.38 bits per heavy atom. The highest BCUT2D eigenvalue weighted by Crippen LogP contribution is 2.25. The van der Waals surface area contributed by atoms with Gasteiger partial charge in [0.25, 0.3) is 0 Å². The zero-order chi connectivity index (χ0) is 15.9. The summed E-state index contributed by atoms with van der Waals surface area (Å²) < 4.78 is 44.7. The van der Waals surface area contributed by atoms with Gasteiger partial charge < -0.3 is 14.8 Å². The summed E-state index contributed by atoms with van der Waals surface area (Å²) in [6.07, 6.45) is -3.74. The number of hydrogen-bond donors (Lipinski definition) is 1. The van der Waals surface area contributed by atoms with Gasteiger partial charge in [-0.1, -0.05) is 19.1 Å². The van der Waals surface area contributed by atoms with Crippen LogP contribution >= 0.6 is 0 Å². The Bertz CT molecular complexity index is 446. The number of rotatable bonds is 7. The van der Waals surface area contributed by atoms with Crippen LogP contribution in [0.15, 0.2) is 24.3 Å². The number of benzene rings is 1. The van der Waals surface area contributed by atoms with Crippen LogP contribution in [-0.2, 0) is 9.53 Å². The lowest BCUT2D eigenvalue weighted by Crippen LogP contribution is -2.25. The first-order valence-electron chi connectivity index (χ1n) is 6.51. The molecule has 0 saturated heterocycles. The first-order valence-corrected chi connectivity index (χ1v) is 6.51. The molecule has 0 spiro atoms. The molecule has 1 aromatic rings. The Balaban J connectivity index is 2.79. The van der Waals surface area contributed by atoms with Crippen LogP contribution in [-0.4, -0.2) is 26.0 Å². The lowest BCUT2D eigenvalue weighted by atomic mass is 10.0. The average Bonchev–Trinajstić information content (AvgIpc) is 2.42. The Labute approximate surface area is 121 Å². The fraction of sp³-hybridized carbons (Fsp3) is 0.500. The van der Waals surface area contributed by atoms with Gasteiger partial charge in [-0.05, 0) is 30.7 Å². The largest absolute Gasteiger partial charge is 0.573 e. The summed E-state index contributed by atoms with van der Waals surface area (Å²) in [6.45, 7) is 2.66. The van der Waals surface area contributed by atoms with Crippen LogP contribution in [0.2, 0.25) is 0 Å². The maximum atomic E-state index is 12.1. The predicted octanol–water partition coefficient (Wildman–Crippen LogP) is 3.19. The van der Waals surface area contributed by atoms with Crippen molar-refractivity contribution in [1.82, 2.24) is 5.32 Å². The Morgan fingerprint density at radius 1 is 1.29 bits per heavy atom. The topological polar surface area (TPSA) is 47.6 Å². The number of esters is 1. The van der Waals surface area contributed by atoms with Crippen molar-refractivity contribution in [2.75, 3.05) is 13.7 Å². The minimum absolute atomic E-state index is 0.107. The molecule has 0 aliphatic heterocycles. The van der Waals surface area contributed by atoms with Gasteiger partial charge in [-0.25, -0.2) is 0 Å². The molecule has 1 aromatic carbocycles. The van der Waals surface area contributed by atoms with E-state index >= 15 is 0 Å². The molecule has 0 radical (unpaired) electrons. The van der Waals surface area contributed by atoms with Gasteiger partial charge in [0.15, 0.2) is 0 Å². The number of nitrogens with one attached hydrogen (secondary N) is 1. The summed E-state index contributed by atoms with van der Waals surface area (Å²) in [5, 5.41) is 3.15. The Kier molecular flexibility index (Phi) is 6.48. The molecule has 1 unspecified atom stereocenters. The van der Waals surface area contributed by atoms with Crippen molar-refractivity contribution in [3.63, 3.8) is 0 Å². The van der Waals surface area contributed by atoms with Gasteiger partial charge in [-0.2, -0.15) is 0 Å². The molecular formula is C14H18F3NO3. The van der Waals surface area contributed by atoms with Crippen LogP contribution in [0.25, 0.3) is 0 Å². The van der Waals surface area contributed by atoms with E-state index in [1.165, 1.54) is 31.4 Å². The van der Waals surface area contributed by atoms with Crippen LogP contribution < -0.4 is 10.1 Å². The maximum Gasteiger partial charge on any atom is 0.573 e. The number of hydrogen-bond acceptors (Lipinski definition) is 4. The smallest absolute Gasteiger partial charge is 0.469 e. The molecule has 1 N–H and O–H groups in total. The quantitative estimate of drug-likeness (QED) is 0.786. The number of carbonyl (C=O) groups excluding carboxylic acids is 1. The molecular weight excluding hydrogens is 287 g/mol. The van der Waals surface area contributed by atoms with Crippen LogP contribution in [0.3, 0.4) is 0 Å². The van der Waals surface area contributed by atoms with Crippen molar-refractivity contribution in [3.05, 3.63) is 29.8 Å². The minimum Gasteiger partial charge on any atom is -0.469 e. The highest BCUT2D eigenvalue weighted by atomic mass is 19.4. The molecule has 0 saturated carbocycles. The lowest BCUT2D eigenvalue weighted by molar-refractivity contribution is -0.274. The second-order valence-corrected chi connectivity index (χ2v) is 4.40. The van der Waals surface area contributed by atoms with Crippen LogP contribution in [0.1, 0.15) is 31.4 Å². The van der Waals surface area contributed by atoms with E-state index in [1.54, 1.807) is 0 Å². The van der Waals surface area contributed by atoms with Crippen molar-refractivity contribution >= 4 is 5.97 Å². The van der Waals surface area contributed by atoms with Gasteiger partial charge >= 0.3 is 12.3 Å². The summed E-state index contributed by atoms with van der Waals surface area (Å²) in [5.41, 5.74) is 0.698. The van der Waals surface area contributed by atoms with E-state index in [0.29, 0.717) is 12.1 Å². The first-order chi connectivity index (χ1) is 9.85. The van der Waals surface area contributed by atoms with Crippen LogP contribution in [0.5, 0.6) is 5.75 Å². The molecule has 21 heavy (non-hydrogen) atoms. The summed E-state index contributed by atoms with van der Waals surface area (Å²) >= 11 is 0. The standard InChI is InChI=1S/C14H18F3NO3/c1-3-8-18-12(9-13(19)20-2)10-4-6-11(7-5-10)21-14(15,16)17/h4-7,12,18H,3,8-9H2,1-2H3. The van der Waals surface area contributed by atoms with Crippen molar-refractivity contribution in [2.45, 2.75) is 32.2 Å². The molecule has 0 aromatic heterocycles. The van der Waals surface area contributed by atoms with E-state index < -0.39 is 6.36 Å². The van der Waals surface area contributed by atoms with E-state index in [9.17, 15) is 18.0 Å². The average molecular weight is 305 g/mol. The second-order valence-electron chi connectivity index (χ2n) is 4.40. The third-order valence-corrected chi connectivity index (χ3v) is 2.76. The van der Waals surface area contributed by atoms with Crippen molar-refractivity contribution in [1.29, 1.82) is 0 Å². The number of alkyl halides is 3. The summed E-state index contributed by atoms with van der Waals surface area (Å²) in [6, 6.07) is 5.13. The number of halogens is 3. The van der Waals surface area contributed by atoms with Crippen molar-refractivity contribution < 1.29 is 27.4 Å². The third kappa shape index (κ3) is 6.48. The maximum absolute atomic E-state index is 12.1. The van der Waals surface area contributed by atoms with Crippen molar-refractivity contribution in [2.24, 2.45) is 0 Å². The summed E-state index contributed by atoms with van der Waals surface area (Å²) in [7, 11) is 1.29. The fourth-order valence-corrected chi connectivity index (χ4v) is 1.78. The molecule has 1 rings (SSSR count). The normalized spacial score (nSPS) is 12.8. The summed E-state index contributed by atoms with van der Waals surface area (Å²) in [4.78, 5) is 11.4. The predicted molar refractivity (Wildman–Crippen MR) is 70.8 cm³/mol. The third-order valence-electron chi connectivity index (χ3n) is 2.76. The molecule has 0 aliphatic rings. The highest BCUT2D eigenvalue weighted by molar-refractivity contribution is 5.70. The van der Waals surface area contributed by atoms with Gasteiger partial charge in [0, 0.05) is 6.04 Å². The molecule has 7 heteroatoms. The van der Waals surface area contributed by atoms with Gasteiger partial charge in [-0.15, -0.1) is 13.2 Å². The van der Waals surface area contributed by atoms with Gasteiger partial charge in [0.2, 0.25) is 0 Å². The Hall–Kier alpha value is -1.76. The molecule has 4 nitrogen and oxygen atoms in total. The minimum atomic E-state index is -4.71. The molecule has 0 amide bonds. The Morgan fingerprint density at radius 2 is 1.90 bits per heavy atom. The molecule has 0 bridgehead atoms. The van der Waals surface area contributed by atoms with Crippen molar-refractivity contribution in [3.8, 4) is 5.75 Å². The molecule has 118 valence electrons. The molecule has 0 aliphatic carbocycles. The van der Waals surface area contributed by atoms with E-state index in [2.05, 4.69) is 14.8 Å². The van der Waals surface area contributed by atoms with E-state index in [-0.39, 0.29) is 24.2 Å². The van der Waals surface area contributed by atoms with Crippen LogP contribution in [0, 0.1) is 0 Å². The first kappa shape index (κ1) is 17.3. The van der Waals surface area contributed by atoms with E-state index in [0.717, 1.165) is 6.42 Å². The van der Waals surface area contributed by atoms with Gasteiger partial charge in [-0.3, -0.25) is 4.79 Å². The zero-order valence-corrected chi connectivity index (χ0v) is 11.9. The number of ether oxygens (including phenoxy) is 2. The summed E-state index contributed by atoms with van der Waals surface area (Å²) in [5.74, 6) is -0.683. The zero-order valence-electron chi connectivity index (χ0n) is 11.9. The number of carbonyl (C=O) groups is 1. The fourth-order valence-electron chi connectivity index (χ4n) is 1.78. The lowest BCUT2D eigenvalue weighted by Gasteiger charge is -2.18. The van der Waals surface area contributed by atoms with E-state index in [4.69, 9.17) is 0 Å². The highest BCUT2D eigenvalue weighted by Gasteiger charge is 2.31. The van der Waals surface area contributed by atoms with E-state index in [1.807, 2.05) is 6.92 Å².